The van der Waals surface area contributed by atoms with E-state index in [9.17, 15) is 0 Å². The zero-order valence-electron chi connectivity index (χ0n) is 24.3. The summed E-state index contributed by atoms with van der Waals surface area (Å²) in [5.74, 6) is 0.698. The van der Waals surface area contributed by atoms with Crippen molar-refractivity contribution in [1.82, 2.24) is 9.97 Å². The third-order valence-electron chi connectivity index (χ3n) is 9.99. The number of fused-ring (bicyclic) bond motifs is 4. The molecule has 0 unspecified atom stereocenters. The second kappa shape index (κ2) is 8.87. The molecule has 2 bridgehead atoms. The minimum absolute atomic E-state index is 0.386. The lowest BCUT2D eigenvalue weighted by Crippen LogP contribution is -2.47. The molecule has 0 aliphatic heterocycles. The van der Waals surface area contributed by atoms with Crippen molar-refractivity contribution in [3.8, 4) is 11.4 Å². The molecule has 0 N–H and O–H groups in total. The molecule has 0 saturated carbocycles. The van der Waals surface area contributed by atoms with E-state index in [2.05, 4.69) is 133 Å². The molecule has 0 atom stereocenters. The predicted molar refractivity (Wildman–Crippen MR) is 180 cm³/mol. The van der Waals surface area contributed by atoms with Gasteiger partial charge in [0.05, 0.1) is 22.0 Å². The van der Waals surface area contributed by atoms with E-state index in [1.165, 1.54) is 27.8 Å². The van der Waals surface area contributed by atoms with Crippen molar-refractivity contribution < 1.29 is 4.42 Å². The number of hydrogen-bond donors (Lipinski definition) is 0. The predicted octanol–water partition coefficient (Wildman–Crippen LogP) is 9.75. The normalized spacial score (nSPS) is 19.6. The minimum atomic E-state index is -0.604. The summed E-state index contributed by atoms with van der Waals surface area (Å²) < 4.78 is 6.28. The lowest BCUT2D eigenvalue weighted by atomic mass is 9.50. The number of rotatable bonds is 3. The van der Waals surface area contributed by atoms with E-state index in [4.69, 9.17) is 14.4 Å². The standard InChI is InChI=1S/C42H26N2O/c1-2-13-27(14-3-1)41-25-26-42(33-20-8-6-18-31(33)41,34-21-9-7-19-32(34)41)39-28-15-4-10-22-35(28)43-40(44-39)30-17-12-24-37-38(30)29-16-5-11-23-36(29)45-37/h1-26H. The van der Waals surface area contributed by atoms with E-state index in [1.54, 1.807) is 0 Å². The Balaban J connectivity index is 1.34. The largest absolute Gasteiger partial charge is 0.456 e. The monoisotopic (exact) mass is 574 g/mol. The molecule has 6 aromatic carbocycles. The molecule has 2 aromatic heterocycles. The zero-order chi connectivity index (χ0) is 29.6. The Morgan fingerprint density at radius 2 is 1.02 bits per heavy atom. The molecule has 210 valence electrons. The van der Waals surface area contributed by atoms with Crippen LogP contribution in [0.5, 0.6) is 0 Å². The van der Waals surface area contributed by atoms with E-state index in [0.29, 0.717) is 5.82 Å². The summed E-state index contributed by atoms with van der Waals surface area (Å²) in [7, 11) is 0. The van der Waals surface area contributed by atoms with E-state index >= 15 is 0 Å². The highest BCUT2D eigenvalue weighted by atomic mass is 16.3. The summed E-state index contributed by atoms with van der Waals surface area (Å²) in [5.41, 5.74) is 9.97. The van der Waals surface area contributed by atoms with Crippen molar-refractivity contribution in [2.75, 3.05) is 0 Å². The second-order valence-corrected chi connectivity index (χ2v) is 12.1. The summed E-state index contributed by atoms with van der Waals surface area (Å²) in [6.45, 7) is 0. The molecular formula is C42H26N2O. The maximum Gasteiger partial charge on any atom is 0.160 e. The van der Waals surface area contributed by atoms with Gasteiger partial charge in [0, 0.05) is 21.7 Å². The van der Waals surface area contributed by atoms with E-state index in [1.807, 2.05) is 24.3 Å². The lowest BCUT2D eigenvalue weighted by Gasteiger charge is -2.52. The van der Waals surface area contributed by atoms with Gasteiger partial charge in [-0.2, -0.15) is 0 Å². The molecule has 3 aliphatic rings. The molecule has 8 aromatic rings. The fraction of sp³-hybridized carbons (Fsp3) is 0.0476. The van der Waals surface area contributed by atoms with Gasteiger partial charge in [0.2, 0.25) is 0 Å². The van der Waals surface area contributed by atoms with Crippen LogP contribution < -0.4 is 0 Å². The molecule has 0 spiro atoms. The van der Waals surface area contributed by atoms with Crippen LogP contribution in [0, 0.1) is 0 Å². The first-order chi connectivity index (χ1) is 22.3. The van der Waals surface area contributed by atoms with E-state index in [0.717, 1.165) is 44.1 Å². The number of benzene rings is 6. The quantitative estimate of drug-likeness (QED) is 0.197. The minimum Gasteiger partial charge on any atom is -0.456 e. The Morgan fingerprint density at radius 3 is 1.78 bits per heavy atom. The molecule has 3 nitrogen and oxygen atoms in total. The van der Waals surface area contributed by atoms with Gasteiger partial charge in [0.25, 0.3) is 0 Å². The third kappa shape index (κ3) is 3.09. The smallest absolute Gasteiger partial charge is 0.160 e. The molecule has 45 heavy (non-hydrogen) atoms. The van der Waals surface area contributed by atoms with Gasteiger partial charge in [-0.3, -0.25) is 0 Å². The van der Waals surface area contributed by atoms with Gasteiger partial charge < -0.3 is 4.42 Å². The van der Waals surface area contributed by atoms with Gasteiger partial charge in [0.15, 0.2) is 5.82 Å². The Kier molecular flexibility index (Phi) is 4.85. The summed E-state index contributed by atoms with van der Waals surface area (Å²) in [6, 6.07) is 51.6. The van der Waals surface area contributed by atoms with Crippen LogP contribution in [0.25, 0.3) is 44.2 Å². The Morgan fingerprint density at radius 1 is 0.444 bits per heavy atom. The molecule has 0 saturated heterocycles. The Hall–Kier alpha value is -5.80. The molecule has 0 radical (unpaired) electrons. The number of para-hydroxylation sites is 2. The van der Waals surface area contributed by atoms with E-state index < -0.39 is 5.41 Å². The van der Waals surface area contributed by atoms with E-state index in [-0.39, 0.29) is 5.41 Å². The highest BCUT2D eigenvalue weighted by molar-refractivity contribution is 6.12. The molecule has 3 aliphatic carbocycles. The second-order valence-electron chi connectivity index (χ2n) is 12.1. The van der Waals surface area contributed by atoms with Crippen molar-refractivity contribution in [3.05, 3.63) is 191 Å². The highest BCUT2D eigenvalue weighted by Gasteiger charge is 2.54. The van der Waals surface area contributed by atoms with Gasteiger partial charge in [-0.25, -0.2) is 9.97 Å². The molecule has 0 amide bonds. The number of furan rings is 1. The van der Waals surface area contributed by atoms with Gasteiger partial charge in [-0.15, -0.1) is 0 Å². The topological polar surface area (TPSA) is 38.9 Å². The van der Waals surface area contributed by atoms with Gasteiger partial charge in [-0.05, 0) is 46.0 Å². The van der Waals surface area contributed by atoms with Crippen LogP contribution in [0.15, 0.2) is 162 Å². The fourth-order valence-corrected chi connectivity index (χ4v) is 8.14. The van der Waals surface area contributed by atoms with Crippen molar-refractivity contribution in [2.45, 2.75) is 10.8 Å². The first-order valence-corrected chi connectivity index (χ1v) is 15.4. The number of hydrogen-bond acceptors (Lipinski definition) is 3. The van der Waals surface area contributed by atoms with Crippen molar-refractivity contribution in [1.29, 1.82) is 0 Å². The van der Waals surface area contributed by atoms with Crippen LogP contribution >= 0.6 is 0 Å². The van der Waals surface area contributed by atoms with Crippen LogP contribution in [-0.2, 0) is 10.8 Å². The van der Waals surface area contributed by atoms with Gasteiger partial charge in [0.1, 0.15) is 11.2 Å². The van der Waals surface area contributed by atoms with Crippen molar-refractivity contribution in [2.24, 2.45) is 0 Å². The summed E-state index contributed by atoms with van der Waals surface area (Å²) in [5, 5.41) is 3.16. The fourth-order valence-electron chi connectivity index (χ4n) is 8.14. The summed E-state index contributed by atoms with van der Waals surface area (Å²) >= 11 is 0. The third-order valence-corrected chi connectivity index (χ3v) is 9.99. The molecule has 11 rings (SSSR count). The highest BCUT2D eigenvalue weighted by Crippen LogP contribution is 2.60. The molecule has 0 fully saturated rings. The molecule has 3 heteroatoms. The zero-order valence-corrected chi connectivity index (χ0v) is 24.3. The lowest BCUT2D eigenvalue weighted by molar-refractivity contribution is 0.593. The molecule has 2 heterocycles. The average molecular weight is 575 g/mol. The average Bonchev–Trinajstić information content (AvgIpc) is 3.51. The van der Waals surface area contributed by atoms with Crippen molar-refractivity contribution >= 4 is 32.8 Å². The number of aromatic nitrogens is 2. The Bertz CT molecular complexity index is 2460. The number of nitrogens with zero attached hydrogens (tertiary/aromatic N) is 2. The van der Waals surface area contributed by atoms with Crippen LogP contribution in [0.1, 0.15) is 33.5 Å². The summed E-state index contributed by atoms with van der Waals surface area (Å²) in [4.78, 5) is 10.8. The van der Waals surface area contributed by atoms with Crippen LogP contribution in [-0.4, -0.2) is 9.97 Å². The maximum atomic E-state index is 6.28. The van der Waals surface area contributed by atoms with Crippen LogP contribution in [0.3, 0.4) is 0 Å². The number of allylic oxidation sites excluding steroid dienone is 2. The van der Waals surface area contributed by atoms with Crippen molar-refractivity contribution in [3.63, 3.8) is 0 Å². The van der Waals surface area contributed by atoms with Crippen LogP contribution in [0.2, 0.25) is 0 Å². The summed E-state index contributed by atoms with van der Waals surface area (Å²) in [6.07, 6.45) is 4.84. The SMILES string of the molecule is C1=CC2(c3nc(-c4cccc5oc6ccccc6c45)nc4ccccc34)c3ccccc3C1(c1ccccc1)c1ccccc12. The Labute approximate surface area is 260 Å². The van der Waals surface area contributed by atoms with Gasteiger partial charge >= 0.3 is 0 Å². The van der Waals surface area contributed by atoms with Gasteiger partial charge in [-0.1, -0.05) is 140 Å². The first kappa shape index (κ1) is 24.6. The molecular weight excluding hydrogens is 548 g/mol. The van der Waals surface area contributed by atoms with Crippen LogP contribution in [0.4, 0.5) is 0 Å². The first-order valence-electron chi connectivity index (χ1n) is 15.4. The maximum absolute atomic E-state index is 6.28.